The van der Waals surface area contributed by atoms with E-state index in [1.165, 1.54) is 11.3 Å². The van der Waals surface area contributed by atoms with Crippen LogP contribution in [-0.4, -0.2) is 26.2 Å². The Labute approximate surface area is 121 Å². The fraction of sp³-hybridized carbons (Fsp3) is 0.636. The van der Waals surface area contributed by atoms with Crippen molar-refractivity contribution in [2.24, 2.45) is 5.92 Å². The number of hydrogen-bond acceptors (Lipinski definition) is 4. The van der Waals surface area contributed by atoms with Crippen LogP contribution in [-0.2, 0) is 10.0 Å². The van der Waals surface area contributed by atoms with E-state index < -0.39 is 10.0 Å². The van der Waals surface area contributed by atoms with Crippen LogP contribution in [0.5, 0.6) is 0 Å². The van der Waals surface area contributed by atoms with Gasteiger partial charge in [-0.1, -0.05) is 13.8 Å². The van der Waals surface area contributed by atoms with Crippen LogP contribution in [0.15, 0.2) is 14.1 Å². The van der Waals surface area contributed by atoms with E-state index in [0.717, 1.165) is 9.35 Å². The highest BCUT2D eigenvalue weighted by Gasteiger charge is 2.24. The van der Waals surface area contributed by atoms with Crippen molar-refractivity contribution in [3.63, 3.8) is 0 Å². The molecule has 0 saturated heterocycles. The number of thiophene rings is 1. The molecule has 1 aromatic heterocycles. The average molecular weight is 356 g/mol. The molecule has 0 fully saturated rings. The Morgan fingerprint density at radius 3 is 2.50 bits per heavy atom. The molecule has 104 valence electrons. The quantitative estimate of drug-likeness (QED) is 0.823. The van der Waals surface area contributed by atoms with Gasteiger partial charge < -0.3 is 5.11 Å². The van der Waals surface area contributed by atoms with E-state index in [9.17, 15) is 8.42 Å². The molecule has 0 aliphatic heterocycles. The van der Waals surface area contributed by atoms with Crippen LogP contribution < -0.4 is 4.72 Å². The molecule has 4 nitrogen and oxygen atoms in total. The summed E-state index contributed by atoms with van der Waals surface area (Å²) in [7, 11) is -3.50. The predicted molar refractivity (Wildman–Crippen MR) is 77.4 cm³/mol. The van der Waals surface area contributed by atoms with E-state index in [1.807, 2.05) is 20.8 Å². The molecule has 1 heterocycles. The zero-order chi connectivity index (χ0) is 13.9. The molecule has 18 heavy (non-hydrogen) atoms. The van der Waals surface area contributed by atoms with Crippen LogP contribution >= 0.6 is 27.3 Å². The molecule has 1 aromatic rings. The molecule has 7 heteroatoms. The molecule has 0 radical (unpaired) electrons. The zero-order valence-electron chi connectivity index (χ0n) is 10.6. The molecule has 1 atom stereocenters. The first kappa shape index (κ1) is 16.1. The SMILES string of the molecule is Cc1cc(S(=O)(=O)NC(CCO)C(C)C)sc1Br. The molecule has 0 aliphatic carbocycles. The molecule has 0 bridgehead atoms. The number of nitrogens with one attached hydrogen (secondary N) is 1. The van der Waals surface area contributed by atoms with Gasteiger partial charge in [-0.2, -0.15) is 0 Å². The lowest BCUT2D eigenvalue weighted by Gasteiger charge is -2.20. The summed E-state index contributed by atoms with van der Waals surface area (Å²) in [5, 5.41) is 8.96. The Balaban J connectivity index is 2.93. The van der Waals surface area contributed by atoms with Gasteiger partial charge in [-0.15, -0.1) is 11.3 Å². The minimum Gasteiger partial charge on any atom is -0.396 e. The summed E-state index contributed by atoms with van der Waals surface area (Å²) in [5.41, 5.74) is 0.906. The van der Waals surface area contributed by atoms with Crippen LogP contribution in [0.25, 0.3) is 0 Å². The number of aliphatic hydroxyl groups is 1. The van der Waals surface area contributed by atoms with Crippen LogP contribution in [0.2, 0.25) is 0 Å². The number of aryl methyl sites for hydroxylation is 1. The highest BCUT2D eigenvalue weighted by Crippen LogP contribution is 2.30. The normalized spacial score (nSPS) is 14.1. The van der Waals surface area contributed by atoms with Crippen molar-refractivity contribution in [1.82, 2.24) is 4.72 Å². The monoisotopic (exact) mass is 355 g/mol. The first-order chi connectivity index (χ1) is 8.27. The second kappa shape index (κ2) is 6.47. The predicted octanol–water partition coefficient (Wildman–Crippen LogP) is 2.50. The van der Waals surface area contributed by atoms with E-state index >= 15 is 0 Å². The maximum absolute atomic E-state index is 12.2. The minimum absolute atomic E-state index is 0.0292. The van der Waals surface area contributed by atoms with Crippen molar-refractivity contribution in [1.29, 1.82) is 0 Å². The Morgan fingerprint density at radius 1 is 1.50 bits per heavy atom. The number of hydrogen-bond donors (Lipinski definition) is 2. The van der Waals surface area contributed by atoms with Gasteiger partial charge >= 0.3 is 0 Å². The average Bonchev–Trinajstić information content (AvgIpc) is 2.59. The molecule has 1 unspecified atom stereocenters. The number of sulfonamides is 1. The zero-order valence-corrected chi connectivity index (χ0v) is 13.8. The van der Waals surface area contributed by atoms with Gasteiger partial charge in [0.1, 0.15) is 4.21 Å². The maximum atomic E-state index is 12.2. The Bertz CT molecular complexity index is 477. The summed E-state index contributed by atoms with van der Waals surface area (Å²) in [6.07, 6.45) is 0.419. The summed E-state index contributed by atoms with van der Waals surface area (Å²) >= 11 is 4.52. The third-order valence-electron chi connectivity index (χ3n) is 2.65. The third-order valence-corrected chi connectivity index (χ3v) is 6.75. The van der Waals surface area contributed by atoms with Gasteiger partial charge in [0, 0.05) is 12.6 Å². The van der Waals surface area contributed by atoms with Crippen LogP contribution in [0.3, 0.4) is 0 Å². The van der Waals surface area contributed by atoms with Crippen molar-refractivity contribution >= 4 is 37.3 Å². The molecule has 0 spiro atoms. The smallest absolute Gasteiger partial charge is 0.250 e. The Hall–Kier alpha value is 0.0500. The molecule has 0 aromatic carbocycles. The van der Waals surface area contributed by atoms with Crippen LogP contribution in [0.4, 0.5) is 0 Å². The lowest BCUT2D eigenvalue weighted by Crippen LogP contribution is -2.38. The second-order valence-corrected chi connectivity index (χ2v) is 8.82. The molecule has 2 N–H and O–H groups in total. The largest absolute Gasteiger partial charge is 0.396 e. The number of halogens is 1. The van der Waals surface area contributed by atoms with E-state index in [4.69, 9.17) is 5.11 Å². The maximum Gasteiger partial charge on any atom is 0.250 e. The van der Waals surface area contributed by atoms with Gasteiger partial charge in [-0.3, -0.25) is 0 Å². The van der Waals surface area contributed by atoms with Gasteiger partial charge in [-0.05, 0) is 46.8 Å². The van der Waals surface area contributed by atoms with E-state index in [1.54, 1.807) is 6.07 Å². The second-order valence-electron chi connectivity index (χ2n) is 4.51. The van der Waals surface area contributed by atoms with E-state index in [0.29, 0.717) is 10.6 Å². The topological polar surface area (TPSA) is 66.4 Å². The van der Waals surface area contributed by atoms with E-state index in [2.05, 4.69) is 20.7 Å². The standard InChI is InChI=1S/C11H18BrNO3S2/c1-7(2)9(4-5-14)13-18(15,16)10-6-8(3)11(12)17-10/h6-7,9,13-14H,4-5H2,1-3H3. The highest BCUT2D eigenvalue weighted by molar-refractivity contribution is 9.11. The lowest BCUT2D eigenvalue weighted by atomic mass is 10.0. The van der Waals surface area contributed by atoms with Crippen molar-refractivity contribution in [3.05, 3.63) is 15.4 Å². The fourth-order valence-corrected chi connectivity index (χ4v) is 5.15. The van der Waals surface area contributed by atoms with Crippen molar-refractivity contribution < 1.29 is 13.5 Å². The molecule has 1 rings (SSSR count). The summed E-state index contributed by atoms with van der Waals surface area (Å²) in [6, 6.07) is 1.40. The van der Waals surface area contributed by atoms with Gasteiger partial charge in [0.25, 0.3) is 0 Å². The molecule has 0 saturated carbocycles. The summed E-state index contributed by atoms with van der Waals surface area (Å²) in [4.78, 5) is 0. The number of aliphatic hydroxyl groups excluding tert-OH is 1. The summed E-state index contributed by atoms with van der Waals surface area (Å²) < 4.78 is 28.1. The number of rotatable bonds is 6. The van der Waals surface area contributed by atoms with Gasteiger partial charge in [-0.25, -0.2) is 13.1 Å². The lowest BCUT2D eigenvalue weighted by molar-refractivity contribution is 0.256. The van der Waals surface area contributed by atoms with Gasteiger partial charge in [0.05, 0.1) is 3.79 Å². The van der Waals surface area contributed by atoms with Crippen molar-refractivity contribution in [2.75, 3.05) is 6.61 Å². The Kier molecular flexibility index (Phi) is 5.79. The third kappa shape index (κ3) is 4.03. The summed E-state index contributed by atoms with van der Waals surface area (Å²) in [6.45, 7) is 5.68. The first-order valence-corrected chi connectivity index (χ1v) is 8.76. The van der Waals surface area contributed by atoms with Crippen LogP contribution in [0.1, 0.15) is 25.8 Å². The Morgan fingerprint density at radius 2 is 2.11 bits per heavy atom. The fourth-order valence-electron chi connectivity index (χ4n) is 1.49. The first-order valence-electron chi connectivity index (χ1n) is 5.67. The van der Waals surface area contributed by atoms with Crippen molar-refractivity contribution in [3.8, 4) is 0 Å². The van der Waals surface area contributed by atoms with Gasteiger partial charge in [0.15, 0.2) is 0 Å². The van der Waals surface area contributed by atoms with Crippen molar-refractivity contribution in [2.45, 2.75) is 37.4 Å². The van der Waals surface area contributed by atoms with Gasteiger partial charge in [0.2, 0.25) is 10.0 Å². The molecule has 0 amide bonds. The highest BCUT2D eigenvalue weighted by atomic mass is 79.9. The molecular formula is C11H18BrNO3S2. The molecular weight excluding hydrogens is 338 g/mol. The minimum atomic E-state index is -3.50. The summed E-state index contributed by atoms with van der Waals surface area (Å²) in [5.74, 6) is 0.136. The molecule has 0 aliphatic rings. The van der Waals surface area contributed by atoms with Crippen LogP contribution in [0, 0.1) is 12.8 Å². The van der Waals surface area contributed by atoms with E-state index in [-0.39, 0.29) is 18.6 Å².